The molecule has 0 fully saturated rings. The van der Waals surface area contributed by atoms with Gasteiger partial charge in [0.05, 0.1) is 19.3 Å². The highest BCUT2D eigenvalue weighted by atomic mass is 19.4. The summed E-state index contributed by atoms with van der Waals surface area (Å²) in [5.41, 5.74) is -2.59. The number of ether oxygens (including phenoxy) is 1. The van der Waals surface area contributed by atoms with Crippen molar-refractivity contribution in [2.75, 3.05) is 7.11 Å². The van der Waals surface area contributed by atoms with E-state index in [0.29, 0.717) is 4.68 Å². The number of nitrogens with one attached hydrogen (secondary N) is 1. The lowest BCUT2D eigenvalue weighted by atomic mass is 10.2. The maximum Gasteiger partial charge on any atom is 0.435 e. The molecular weight excluding hydrogens is 412 g/mol. The average Bonchev–Trinajstić information content (AvgIpc) is 3.29. The molecule has 1 aromatic carbocycles. The van der Waals surface area contributed by atoms with E-state index in [4.69, 9.17) is 4.42 Å². The maximum absolute atomic E-state index is 13.6. The van der Waals surface area contributed by atoms with Crippen molar-refractivity contribution in [3.8, 4) is 5.69 Å². The fraction of sp³-hybridized carbons (Fsp3) is 0.222. The van der Waals surface area contributed by atoms with Crippen LogP contribution in [0.25, 0.3) is 5.69 Å². The zero-order chi connectivity index (χ0) is 22.1. The van der Waals surface area contributed by atoms with Crippen LogP contribution in [0.5, 0.6) is 0 Å². The van der Waals surface area contributed by atoms with Gasteiger partial charge in [0.2, 0.25) is 0 Å². The summed E-state index contributed by atoms with van der Waals surface area (Å²) in [6.07, 6.45) is -5.00. The molecule has 0 aliphatic rings. The summed E-state index contributed by atoms with van der Waals surface area (Å²) in [5.74, 6) is -2.28. The first-order valence-electron chi connectivity index (χ1n) is 8.36. The molecule has 0 aliphatic heterocycles. The van der Waals surface area contributed by atoms with E-state index < -0.39 is 35.3 Å². The van der Waals surface area contributed by atoms with Gasteiger partial charge in [0, 0.05) is 0 Å². The largest absolute Gasteiger partial charge is 0.465 e. The Morgan fingerprint density at radius 3 is 2.63 bits per heavy atom. The van der Waals surface area contributed by atoms with E-state index in [9.17, 15) is 27.2 Å². The fourth-order valence-electron chi connectivity index (χ4n) is 2.67. The minimum atomic E-state index is -5.00. The first-order valence-corrected chi connectivity index (χ1v) is 8.36. The molecule has 158 valence electrons. The Labute approximate surface area is 166 Å². The van der Waals surface area contributed by atoms with Gasteiger partial charge >= 0.3 is 12.1 Å². The maximum atomic E-state index is 13.6. The SMILES string of the molecule is COC(=O)c1cc(CNC(=O)c2nnn(-c3cccc(F)c3)c2C(F)(F)F)oc1C. The molecule has 0 aliphatic carbocycles. The number of methoxy groups -OCH3 is 1. The summed E-state index contributed by atoms with van der Waals surface area (Å²) in [7, 11) is 1.18. The molecule has 0 spiro atoms. The Morgan fingerprint density at radius 2 is 2.00 bits per heavy atom. The normalized spacial score (nSPS) is 11.4. The van der Waals surface area contributed by atoms with Gasteiger partial charge in [-0.15, -0.1) is 5.10 Å². The predicted molar refractivity (Wildman–Crippen MR) is 92.3 cm³/mol. The first kappa shape index (κ1) is 21.0. The van der Waals surface area contributed by atoms with Gasteiger partial charge in [-0.25, -0.2) is 13.9 Å². The monoisotopic (exact) mass is 426 g/mol. The quantitative estimate of drug-likeness (QED) is 0.497. The number of rotatable bonds is 5. The molecule has 0 saturated carbocycles. The molecule has 8 nitrogen and oxygen atoms in total. The second-order valence-corrected chi connectivity index (χ2v) is 6.03. The number of nitrogens with zero attached hydrogens (tertiary/aromatic N) is 3. The Hall–Kier alpha value is -3.70. The number of hydrogen-bond donors (Lipinski definition) is 1. The molecular formula is C18H14F4N4O4. The van der Waals surface area contributed by atoms with Crippen molar-refractivity contribution in [3.63, 3.8) is 0 Å². The number of alkyl halides is 3. The van der Waals surface area contributed by atoms with Crippen molar-refractivity contribution < 1.29 is 36.3 Å². The third-order valence-corrected chi connectivity index (χ3v) is 4.00. The average molecular weight is 426 g/mol. The van der Waals surface area contributed by atoms with Crippen LogP contribution in [0, 0.1) is 12.7 Å². The minimum absolute atomic E-state index is 0.118. The number of carbonyl (C=O) groups is 2. The summed E-state index contributed by atoms with van der Waals surface area (Å²) >= 11 is 0. The van der Waals surface area contributed by atoms with Crippen LogP contribution in [0.15, 0.2) is 34.7 Å². The zero-order valence-electron chi connectivity index (χ0n) is 15.6. The lowest BCUT2D eigenvalue weighted by Gasteiger charge is -2.11. The summed E-state index contributed by atoms with van der Waals surface area (Å²) < 4.78 is 64.4. The summed E-state index contributed by atoms with van der Waals surface area (Å²) in [5, 5.41) is 8.90. The van der Waals surface area contributed by atoms with E-state index in [2.05, 4.69) is 20.4 Å². The number of benzene rings is 1. The standard InChI is InChI=1S/C18H14F4N4O4/c1-9-13(17(28)29-2)7-12(30-9)8-23-16(27)14-15(18(20,21)22)26(25-24-14)11-5-3-4-10(19)6-11/h3-7H,8H2,1-2H3,(H,23,27). The second kappa shape index (κ2) is 7.97. The van der Waals surface area contributed by atoms with Crippen LogP contribution in [0.3, 0.4) is 0 Å². The second-order valence-electron chi connectivity index (χ2n) is 6.03. The van der Waals surface area contributed by atoms with Gasteiger partial charge in [-0.1, -0.05) is 11.3 Å². The third kappa shape index (κ3) is 4.16. The van der Waals surface area contributed by atoms with E-state index >= 15 is 0 Å². The number of aryl methyl sites for hydroxylation is 1. The number of esters is 1. The van der Waals surface area contributed by atoms with Crippen LogP contribution >= 0.6 is 0 Å². The van der Waals surface area contributed by atoms with Crippen molar-refractivity contribution >= 4 is 11.9 Å². The Morgan fingerprint density at radius 1 is 1.27 bits per heavy atom. The topological polar surface area (TPSA) is 99.2 Å². The molecule has 2 aromatic heterocycles. The Kier molecular flexibility index (Phi) is 5.58. The molecule has 3 rings (SSSR count). The molecule has 0 bridgehead atoms. The van der Waals surface area contributed by atoms with Crippen LogP contribution in [-0.2, 0) is 17.5 Å². The predicted octanol–water partition coefficient (Wildman–Crippen LogP) is 3.04. The van der Waals surface area contributed by atoms with E-state index in [0.717, 1.165) is 12.1 Å². The highest BCUT2D eigenvalue weighted by Gasteiger charge is 2.42. The number of carbonyl (C=O) groups excluding carboxylic acids is 2. The van der Waals surface area contributed by atoms with Crippen LogP contribution < -0.4 is 5.32 Å². The number of aromatic nitrogens is 3. The minimum Gasteiger partial charge on any atom is -0.465 e. The summed E-state index contributed by atoms with van der Waals surface area (Å²) in [6.45, 7) is 1.17. The zero-order valence-corrected chi connectivity index (χ0v) is 15.6. The first-order chi connectivity index (χ1) is 14.1. The molecule has 0 atom stereocenters. The molecule has 30 heavy (non-hydrogen) atoms. The van der Waals surface area contributed by atoms with E-state index in [1.165, 1.54) is 32.2 Å². The molecule has 12 heteroatoms. The lowest BCUT2D eigenvalue weighted by molar-refractivity contribution is -0.143. The van der Waals surface area contributed by atoms with Gasteiger partial charge in [-0.05, 0) is 31.2 Å². The highest BCUT2D eigenvalue weighted by molar-refractivity contribution is 5.93. The van der Waals surface area contributed by atoms with Crippen molar-refractivity contribution in [2.24, 2.45) is 0 Å². The van der Waals surface area contributed by atoms with Crippen molar-refractivity contribution in [2.45, 2.75) is 19.6 Å². The van der Waals surface area contributed by atoms with Gasteiger partial charge < -0.3 is 14.5 Å². The lowest BCUT2D eigenvalue weighted by Crippen LogP contribution is -2.27. The molecule has 3 aromatic rings. The van der Waals surface area contributed by atoms with Crippen molar-refractivity contribution in [3.05, 3.63) is 64.6 Å². The van der Waals surface area contributed by atoms with E-state index in [-0.39, 0.29) is 29.3 Å². The fourth-order valence-corrected chi connectivity index (χ4v) is 2.67. The number of halogens is 4. The van der Waals surface area contributed by atoms with Crippen LogP contribution in [0.1, 0.15) is 38.1 Å². The van der Waals surface area contributed by atoms with Crippen molar-refractivity contribution in [1.29, 1.82) is 0 Å². The van der Waals surface area contributed by atoms with Crippen LogP contribution in [0.4, 0.5) is 17.6 Å². The number of hydrogen-bond acceptors (Lipinski definition) is 6. The smallest absolute Gasteiger partial charge is 0.435 e. The molecule has 1 N–H and O–H groups in total. The van der Waals surface area contributed by atoms with Gasteiger partial charge in [0.1, 0.15) is 22.9 Å². The molecule has 0 radical (unpaired) electrons. The molecule has 0 saturated heterocycles. The van der Waals surface area contributed by atoms with Gasteiger partial charge in [-0.2, -0.15) is 13.2 Å². The Balaban J connectivity index is 1.87. The van der Waals surface area contributed by atoms with E-state index in [1.807, 2.05) is 0 Å². The van der Waals surface area contributed by atoms with Gasteiger partial charge in [0.25, 0.3) is 5.91 Å². The van der Waals surface area contributed by atoms with Gasteiger partial charge in [-0.3, -0.25) is 4.79 Å². The molecule has 0 unspecified atom stereocenters. The third-order valence-electron chi connectivity index (χ3n) is 4.00. The summed E-state index contributed by atoms with van der Waals surface area (Å²) in [6, 6.07) is 5.57. The van der Waals surface area contributed by atoms with E-state index in [1.54, 1.807) is 0 Å². The Bertz CT molecular complexity index is 1100. The van der Waals surface area contributed by atoms with Crippen LogP contribution in [-0.4, -0.2) is 34.0 Å². The molecule has 2 heterocycles. The molecule has 1 amide bonds. The van der Waals surface area contributed by atoms with Crippen molar-refractivity contribution in [1.82, 2.24) is 20.3 Å². The number of amides is 1. The highest BCUT2D eigenvalue weighted by Crippen LogP contribution is 2.32. The number of furan rings is 1. The van der Waals surface area contributed by atoms with Gasteiger partial charge in [0.15, 0.2) is 11.4 Å². The van der Waals surface area contributed by atoms with Crippen LogP contribution in [0.2, 0.25) is 0 Å². The summed E-state index contributed by atoms with van der Waals surface area (Å²) in [4.78, 5) is 23.9.